The molecule has 0 fully saturated rings. The van der Waals surface area contributed by atoms with Crippen LogP contribution in [-0.4, -0.2) is 34.3 Å². The quantitative estimate of drug-likeness (QED) is 0.551. The number of hydrogen-bond donors (Lipinski definition) is 2. The molecule has 0 saturated heterocycles. The predicted octanol–water partition coefficient (Wildman–Crippen LogP) is 3.69. The molecule has 0 atom stereocenters. The van der Waals surface area contributed by atoms with Gasteiger partial charge in [-0.25, -0.2) is 18.7 Å². The van der Waals surface area contributed by atoms with Crippen LogP contribution in [-0.2, 0) is 6.54 Å². The molecule has 0 aliphatic rings. The molecule has 6 nitrogen and oxygen atoms in total. The zero-order chi connectivity index (χ0) is 19.7. The van der Waals surface area contributed by atoms with Gasteiger partial charge in [0, 0.05) is 12.1 Å². The van der Waals surface area contributed by atoms with Gasteiger partial charge in [-0.3, -0.25) is 5.10 Å². The molecule has 2 aromatic carbocycles. The Hall–Kier alpha value is -3.39. The van der Waals surface area contributed by atoms with Gasteiger partial charge >= 0.3 is 0 Å². The second-order valence-electron chi connectivity index (χ2n) is 6.22. The lowest BCUT2D eigenvalue weighted by Crippen LogP contribution is -2.07. The van der Waals surface area contributed by atoms with E-state index in [1.807, 2.05) is 12.1 Å². The van der Waals surface area contributed by atoms with Gasteiger partial charge in [-0.05, 0) is 49.0 Å². The lowest BCUT2D eigenvalue weighted by Gasteiger charge is -2.07. The highest BCUT2D eigenvalue weighted by atomic mass is 19.1. The minimum absolute atomic E-state index is 0.0327. The molecular formula is C20H17F2N5O. The molecule has 0 aliphatic heterocycles. The van der Waals surface area contributed by atoms with Crippen molar-refractivity contribution >= 4 is 11.0 Å². The molecule has 2 N–H and O–H groups in total. The molecule has 0 amide bonds. The van der Waals surface area contributed by atoms with Gasteiger partial charge in [0.05, 0.1) is 18.9 Å². The van der Waals surface area contributed by atoms with Gasteiger partial charge in [-0.2, -0.15) is 5.10 Å². The molecule has 2 aromatic heterocycles. The number of ether oxygens (including phenoxy) is 1. The third-order valence-electron chi connectivity index (χ3n) is 4.37. The van der Waals surface area contributed by atoms with E-state index in [0.29, 0.717) is 34.6 Å². The van der Waals surface area contributed by atoms with Crippen molar-refractivity contribution in [3.05, 3.63) is 59.8 Å². The summed E-state index contributed by atoms with van der Waals surface area (Å²) in [6.45, 7) is 0.358. The Bertz CT molecular complexity index is 1120. The number of H-pyrrole nitrogens is 1. The molecule has 0 saturated carbocycles. The summed E-state index contributed by atoms with van der Waals surface area (Å²) in [4.78, 5) is 8.50. The van der Waals surface area contributed by atoms with Crippen molar-refractivity contribution in [3.8, 4) is 28.4 Å². The third-order valence-corrected chi connectivity index (χ3v) is 4.37. The van der Waals surface area contributed by atoms with E-state index < -0.39 is 11.6 Å². The molecule has 0 aliphatic carbocycles. The highest BCUT2D eigenvalue weighted by Crippen LogP contribution is 2.30. The highest BCUT2D eigenvalue weighted by Gasteiger charge is 2.18. The Morgan fingerprint density at radius 2 is 1.82 bits per heavy atom. The second kappa shape index (κ2) is 7.32. The number of halogens is 2. The molecule has 4 rings (SSSR count). The van der Waals surface area contributed by atoms with Gasteiger partial charge in [-0.1, -0.05) is 0 Å². The van der Waals surface area contributed by atoms with E-state index >= 15 is 0 Å². The van der Waals surface area contributed by atoms with Crippen molar-refractivity contribution in [3.63, 3.8) is 0 Å². The zero-order valence-corrected chi connectivity index (χ0v) is 15.3. The Morgan fingerprint density at radius 3 is 2.46 bits per heavy atom. The van der Waals surface area contributed by atoms with E-state index in [1.54, 1.807) is 26.3 Å². The lowest BCUT2D eigenvalue weighted by atomic mass is 10.1. The van der Waals surface area contributed by atoms with Crippen LogP contribution in [0.3, 0.4) is 0 Å². The fourth-order valence-corrected chi connectivity index (χ4v) is 3.03. The van der Waals surface area contributed by atoms with Gasteiger partial charge in [0.1, 0.15) is 34.1 Å². The summed E-state index contributed by atoms with van der Waals surface area (Å²) < 4.78 is 34.3. The first-order valence-corrected chi connectivity index (χ1v) is 8.59. The number of methoxy groups -OCH3 is 1. The van der Waals surface area contributed by atoms with E-state index in [1.165, 1.54) is 18.3 Å². The van der Waals surface area contributed by atoms with E-state index in [2.05, 4.69) is 25.5 Å². The first-order valence-electron chi connectivity index (χ1n) is 8.59. The number of aromatic amines is 1. The zero-order valence-electron chi connectivity index (χ0n) is 15.3. The molecule has 2 heterocycles. The van der Waals surface area contributed by atoms with Crippen LogP contribution in [0.2, 0.25) is 0 Å². The molecule has 0 spiro atoms. The predicted molar refractivity (Wildman–Crippen MR) is 102 cm³/mol. The number of benzene rings is 2. The maximum Gasteiger partial charge on any atom is 0.165 e. The van der Waals surface area contributed by atoms with Crippen LogP contribution in [0.4, 0.5) is 8.78 Å². The Morgan fingerprint density at radius 1 is 1.11 bits per heavy atom. The van der Waals surface area contributed by atoms with Gasteiger partial charge in [0.15, 0.2) is 5.82 Å². The fourth-order valence-electron chi connectivity index (χ4n) is 3.03. The molecular weight excluding hydrogens is 364 g/mol. The Kier molecular flexibility index (Phi) is 4.70. The van der Waals surface area contributed by atoms with Gasteiger partial charge < -0.3 is 10.1 Å². The summed E-state index contributed by atoms with van der Waals surface area (Å²) in [5, 5.41) is 9.99. The Labute approximate surface area is 159 Å². The van der Waals surface area contributed by atoms with E-state index in [0.717, 1.165) is 5.56 Å². The molecule has 0 unspecified atom stereocenters. The Balaban J connectivity index is 1.82. The molecule has 28 heavy (non-hydrogen) atoms. The normalized spacial score (nSPS) is 11.1. The van der Waals surface area contributed by atoms with Crippen molar-refractivity contribution in [1.29, 1.82) is 0 Å². The number of rotatable bonds is 5. The largest absolute Gasteiger partial charge is 0.497 e. The summed E-state index contributed by atoms with van der Waals surface area (Å²) in [5.74, 6) is -0.738. The molecule has 0 bridgehead atoms. The molecule has 8 heteroatoms. The number of nitrogens with zero attached hydrogens (tertiary/aromatic N) is 3. The first kappa shape index (κ1) is 18.0. The fraction of sp³-hybridized carbons (Fsp3) is 0.150. The monoisotopic (exact) mass is 381 g/mol. The molecule has 4 aromatic rings. The lowest BCUT2D eigenvalue weighted by molar-refractivity contribution is 0.415. The van der Waals surface area contributed by atoms with Crippen molar-refractivity contribution < 1.29 is 13.5 Å². The van der Waals surface area contributed by atoms with Crippen LogP contribution in [0.1, 0.15) is 5.56 Å². The first-order chi connectivity index (χ1) is 13.6. The maximum absolute atomic E-state index is 14.6. The summed E-state index contributed by atoms with van der Waals surface area (Å²) in [5.41, 5.74) is 2.65. The summed E-state index contributed by atoms with van der Waals surface area (Å²) in [6, 6.07) is 9.84. The summed E-state index contributed by atoms with van der Waals surface area (Å²) in [7, 11) is 3.30. The topological polar surface area (TPSA) is 75.7 Å². The minimum atomic E-state index is -0.709. The van der Waals surface area contributed by atoms with E-state index in [4.69, 9.17) is 4.74 Å². The van der Waals surface area contributed by atoms with Crippen LogP contribution < -0.4 is 10.1 Å². The van der Waals surface area contributed by atoms with Crippen LogP contribution >= 0.6 is 0 Å². The number of hydrogen-bond acceptors (Lipinski definition) is 5. The third kappa shape index (κ3) is 3.18. The van der Waals surface area contributed by atoms with Crippen LogP contribution in [0.5, 0.6) is 5.75 Å². The summed E-state index contributed by atoms with van der Waals surface area (Å²) >= 11 is 0. The van der Waals surface area contributed by atoms with Crippen molar-refractivity contribution in [1.82, 2.24) is 25.5 Å². The standard InChI is InChI=1S/C20H17F2N5O/c1-23-9-11-7-14(21)17(15(22)8-11)20-24-10-16-19(25-20)18(27-26-16)12-3-5-13(28-2)6-4-12/h3-8,10,23H,9H2,1-2H3,(H,26,27). The van der Waals surface area contributed by atoms with Crippen LogP contribution in [0, 0.1) is 11.6 Å². The van der Waals surface area contributed by atoms with Crippen molar-refractivity contribution in [2.24, 2.45) is 0 Å². The number of aromatic nitrogens is 4. The minimum Gasteiger partial charge on any atom is -0.497 e. The maximum atomic E-state index is 14.6. The number of fused-ring (bicyclic) bond motifs is 1. The SMILES string of the molecule is CNCc1cc(F)c(-c2ncc3[nH]nc(-c4ccc(OC)cc4)c3n2)c(F)c1. The average Bonchev–Trinajstić information content (AvgIpc) is 3.11. The van der Waals surface area contributed by atoms with Crippen LogP contribution in [0.15, 0.2) is 42.6 Å². The van der Waals surface area contributed by atoms with Crippen molar-refractivity contribution in [2.45, 2.75) is 6.54 Å². The van der Waals surface area contributed by atoms with Gasteiger partial charge in [-0.15, -0.1) is 0 Å². The van der Waals surface area contributed by atoms with Gasteiger partial charge in [0.2, 0.25) is 0 Å². The van der Waals surface area contributed by atoms with Crippen LogP contribution in [0.25, 0.3) is 33.7 Å². The summed E-state index contributed by atoms with van der Waals surface area (Å²) in [6.07, 6.45) is 1.47. The van der Waals surface area contributed by atoms with Gasteiger partial charge in [0.25, 0.3) is 0 Å². The smallest absolute Gasteiger partial charge is 0.165 e. The molecule has 0 radical (unpaired) electrons. The van der Waals surface area contributed by atoms with E-state index in [9.17, 15) is 8.78 Å². The average molecular weight is 381 g/mol. The second-order valence-corrected chi connectivity index (χ2v) is 6.22. The molecule has 142 valence electrons. The van der Waals surface area contributed by atoms with E-state index in [-0.39, 0.29) is 11.4 Å². The number of nitrogens with one attached hydrogen (secondary N) is 2. The highest BCUT2D eigenvalue weighted by molar-refractivity contribution is 5.90. The van der Waals surface area contributed by atoms with Crippen molar-refractivity contribution in [2.75, 3.05) is 14.2 Å².